The van der Waals surface area contributed by atoms with Crippen molar-refractivity contribution in [1.82, 2.24) is 4.72 Å². The Kier molecular flexibility index (Phi) is 5.94. The van der Waals surface area contributed by atoms with Crippen molar-refractivity contribution < 1.29 is 27.4 Å². The number of methoxy groups -OCH3 is 1. The van der Waals surface area contributed by atoms with Gasteiger partial charge in [-0.25, -0.2) is 13.1 Å². The molecule has 2 N–H and O–H groups in total. The minimum atomic E-state index is -3.74. The van der Waals surface area contributed by atoms with Crippen LogP contribution in [0.2, 0.25) is 0 Å². The van der Waals surface area contributed by atoms with Crippen LogP contribution in [0.1, 0.15) is 5.56 Å². The highest BCUT2D eigenvalue weighted by molar-refractivity contribution is 7.89. The van der Waals surface area contributed by atoms with Gasteiger partial charge in [0.2, 0.25) is 10.0 Å². The maximum Gasteiger partial charge on any atom is 0.262 e. The second kappa shape index (κ2) is 8.38. The Balaban J connectivity index is 1.63. The molecule has 8 nitrogen and oxygen atoms in total. The number of anilines is 1. The van der Waals surface area contributed by atoms with Gasteiger partial charge in [-0.1, -0.05) is 12.1 Å². The molecule has 27 heavy (non-hydrogen) atoms. The van der Waals surface area contributed by atoms with Gasteiger partial charge in [-0.2, -0.15) is 0 Å². The first-order valence-electron chi connectivity index (χ1n) is 8.25. The highest BCUT2D eigenvalue weighted by Crippen LogP contribution is 2.30. The largest absolute Gasteiger partial charge is 0.491 e. The van der Waals surface area contributed by atoms with E-state index in [0.717, 1.165) is 5.56 Å². The van der Waals surface area contributed by atoms with Gasteiger partial charge in [-0.05, 0) is 35.9 Å². The minimum Gasteiger partial charge on any atom is -0.491 e. The molecule has 0 saturated carbocycles. The Bertz CT molecular complexity index is 912. The van der Waals surface area contributed by atoms with Crippen LogP contribution in [0.4, 0.5) is 5.69 Å². The van der Waals surface area contributed by atoms with Crippen LogP contribution in [0.15, 0.2) is 47.4 Å². The molecule has 0 fully saturated rings. The van der Waals surface area contributed by atoms with E-state index in [4.69, 9.17) is 14.2 Å². The van der Waals surface area contributed by atoms with E-state index in [1.165, 1.54) is 18.2 Å². The Morgan fingerprint density at radius 3 is 2.67 bits per heavy atom. The van der Waals surface area contributed by atoms with Crippen LogP contribution < -0.4 is 19.5 Å². The van der Waals surface area contributed by atoms with Crippen LogP contribution in [0.5, 0.6) is 11.5 Å². The summed E-state index contributed by atoms with van der Waals surface area (Å²) >= 11 is 0. The summed E-state index contributed by atoms with van der Waals surface area (Å²) in [5.74, 6) is 0.805. The SMILES string of the molecule is COCCOc1ccc(CNS(=O)(=O)c2ccc3c(c2)NC(=O)CO3)cc1. The van der Waals surface area contributed by atoms with Crippen LogP contribution in [-0.2, 0) is 26.1 Å². The van der Waals surface area contributed by atoms with Crippen molar-refractivity contribution in [2.24, 2.45) is 0 Å². The number of carbonyl (C=O) groups excluding carboxylic acids is 1. The third-order valence-corrected chi connectivity index (χ3v) is 5.24. The molecule has 0 aliphatic carbocycles. The van der Waals surface area contributed by atoms with Gasteiger partial charge in [0.1, 0.15) is 18.1 Å². The number of amides is 1. The van der Waals surface area contributed by atoms with E-state index in [0.29, 0.717) is 30.4 Å². The van der Waals surface area contributed by atoms with E-state index < -0.39 is 10.0 Å². The van der Waals surface area contributed by atoms with E-state index in [1.807, 2.05) is 0 Å². The Labute approximate surface area is 157 Å². The molecule has 0 aromatic heterocycles. The van der Waals surface area contributed by atoms with E-state index >= 15 is 0 Å². The number of carbonyl (C=O) groups is 1. The molecular formula is C18H20N2O6S. The quantitative estimate of drug-likeness (QED) is 0.661. The number of rotatable bonds is 8. The van der Waals surface area contributed by atoms with Crippen molar-refractivity contribution in [1.29, 1.82) is 0 Å². The van der Waals surface area contributed by atoms with Crippen molar-refractivity contribution in [2.45, 2.75) is 11.4 Å². The standard InChI is InChI=1S/C18H20N2O6S/c1-24-8-9-25-14-4-2-13(3-5-14)11-19-27(22,23)15-6-7-17-16(10-15)20-18(21)12-26-17/h2-7,10,19H,8-9,11-12H2,1H3,(H,20,21). The topological polar surface area (TPSA) is 103 Å². The van der Waals surface area contributed by atoms with Gasteiger partial charge in [-0.15, -0.1) is 0 Å². The number of hydrogen-bond donors (Lipinski definition) is 2. The number of benzene rings is 2. The number of hydrogen-bond acceptors (Lipinski definition) is 6. The molecule has 1 heterocycles. The Hall–Kier alpha value is -2.62. The lowest BCUT2D eigenvalue weighted by molar-refractivity contribution is -0.118. The first-order valence-corrected chi connectivity index (χ1v) is 9.73. The van der Waals surface area contributed by atoms with Crippen molar-refractivity contribution in [3.05, 3.63) is 48.0 Å². The maximum atomic E-state index is 12.5. The van der Waals surface area contributed by atoms with Crippen LogP contribution in [0.25, 0.3) is 0 Å². The second-order valence-electron chi connectivity index (χ2n) is 5.80. The predicted octanol–water partition coefficient (Wildman–Crippen LogP) is 1.52. The summed E-state index contributed by atoms with van der Waals surface area (Å²) in [6.45, 7) is 0.984. The van der Waals surface area contributed by atoms with Crippen LogP contribution in [0, 0.1) is 0 Å². The zero-order valence-corrected chi connectivity index (χ0v) is 15.5. The summed E-state index contributed by atoms with van der Waals surface area (Å²) in [6.07, 6.45) is 0. The molecule has 0 unspecified atom stereocenters. The van der Waals surface area contributed by atoms with Crippen LogP contribution >= 0.6 is 0 Å². The molecule has 1 aliphatic rings. The molecular weight excluding hydrogens is 372 g/mol. The predicted molar refractivity (Wildman–Crippen MR) is 98.4 cm³/mol. The third-order valence-electron chi connectivity index (χ3n) is 3.84. The fourth-order valence-corrected chi connectivity index (χ4v) is 3.48. The molecule has 0 spiro atoms. The first kappa shape index (κ1) is 19.2. The lowest BCUT2D eigenvalue weighted by Gasteiger charge is -2.18. The second-order valence-corrected chi connectivity index (χ2v) is 7.57. The number of sulfonamides is 1. The lowest BCUT2D eigenvalue weighted by Crippen LogP contribution is -2.27. The number of nitrogens with one attached hydrogen (secondary N) is 2. The van der Waals surface area contributed by atoms with Crippen molar-refractivity contribution in [3.8, 4) is 11.5 Å². The van der Waals surface area contributed by atoms with E-state index in [9.17, 15) is 13.2 Å². The summed E-state index contributed by atoms with van der Waals surface area (Å²) < 4.78 is 43.2. The lowest BCUT2D eigenvalue weighted by atomic mass is 10.2. The Morgan fingerprint density at radius 1 is 1.15 bits per heavy atom. The third kappa shape index (κ3) is 4.97. The Morgan fingerprint density at radius 2 is 1.93 bits per heavy atom. The summed E-state index contributed by atoms with van der Waals surface area (Å²) in [6, 6.07) is 11.4. The van der Waals surface area contributed by atoms with Gasteiger partial charge in [-0.3, -0.25) is 4.79 Å². The van der Waals surface area contributed by atoms with E-state index in [-0.39, 0.29) is 24.0 Å². The molecule has 2 aromatic carbocycles. The normalized spacial score (nSPS) is 13.4. The zero-order valence-electron chi connectivity index (χ0n) is 14.7. The summed E-state index contributed by atoms with van der Waals surface area (Å²) in [4.78, 5) is 11.4. The maximum absolute atomic E-state index is 12.5. The van der Waals surface area contributed by atoms with Crippen molar-refractivity contribution in [3.63, 3.8) is 0 Å². The number of ether oxygens (including phenoxy) is 3. The van der Waals surface area contributed by atoms with Gasteiger partial charge in [0, 0.05) is 13.7 Å². The van der Waals surface area contributed by atoms with Gasteiger partial charge >= 0.3 is 0 Å². The smallest absolute Gasteiger partial charge is 0.262 e. The molecule has 0 radical (unpaired) electrons. The van der Waals surface area contributed by atoms with Crippen molar-refractivity contribution in [2.75, 3.05) is 32.2 Å². The van der Waals surface area contributed by atoms with Gasteiger partial charge in [0.15, 0.2) is 6.61 Å². The fraction of sp³-hybridized carbons (Fsp3) is 0.278. The monoisotopic (exact) mass is 392 g/mol. The summed E-state index contributed by atoms with van der Waals surface area (Å²) in [5.41, 5.74) is 1.12. The molecule has 0 bridgehead atoms. The summed E-state index contributed by atoms with van der Waals surface area (Å²) in [7, 11) is -2.14. The molecule has 0 saturated heterocycles. The van der Waals surface area contributed by atoms with Gasteiger partial charge < -0.3 is 19.5 Å². The van der Waals surface area contributed by atoms with Gasteiger partial charge in [0.05, 0.1) is 17.2 Å². The average Bonchev–Trinajstić information content (AvgIpc) is 2.67. The molecule has 1 amide bonds. The molecule has 144 valence electrons. The molecule has 9 heteroatoms. The minimum absolute atomic E-state index is 0.0477. The highest BCUT2D eigenvalue weighted by atomic mass is 32.2. The molecule has 0 atom stereocenters. The molecule has 1 aliphatic heterocycles. The van der Waals surface area contributed by atoms with Crippen molar-refractivity contribution >= 4 is 21.6 Å². The first-order chi connectivity index (χ1) is 13.0. The average molecular weight is 392 g/mol. The van der Waals surface area contributed by atoms with Gasteiger partial charge in [0.25, 0.3) is 5.91 Å². The van der Waals surface area contributed by atoms with Crippen LogP contribution in [-0.4, -0.2) is 41.3 Å². The highest BCUT2D eigenvalue weighted by Gasteiger charge is 2.20. The fourth-order valence-electron chi connectivity index (χ4n) is 2.44. The van der Waals surface area contributed by atoms with E-state index in [1.54, 1.807) is 31.4 Å². The van der Waals surface area contributed by atoms with E-state index in [2.05, 4.69) is 10.0 Å². The van der Waals surface area contributed by atoms with Crippen LogP contribution in [0.3, 0.4) is 0 Å². The molecule has 3 rings (SSSR count). The zero-order chi connectivity index (χ0) is 19.3. The molecule has 2 aromatic rings. The number of fused-ring (bicyclic) bond motifs is 1. The summed E-state index contributed by atoms with van der Waals surface area (Å²) in [5, 5.41) is 2.59.